The van der Waals surface area contributed by atoms with Crippen molar-refractivity contribution < 1.29 is 5.11 Å². The Kier molecular flexibility index (Phi) is 2.57. The summed E-state index contributed by atoms with van der Waals surface area (Å²) in [6.45, 7) is 0. The molecule has 1 nitrogen and oxygen atoms in total. The van der Waals surface area contributed by atoms with Crippen molar-refractivity contribution in [3.05, 3.63) is 23.0 Å². The van der Waals surface area contributed by atoms with Crippen molar-refractivity contribution in [2.45, 2.75) is 37.0 Å². The summed E-state index contributed by atoms with van der Waals surface area (Å²) in [4.78, 5) is 0. The molecule has 0 amide bonds. The first kappa shape index (κ1) is 8.39. The molecule has 0 aromatic rings. The second-order valence-corrected chi connectivity index (χ2v) is 5.70. The van der Waals surface area contributed by atoms with Gasteiger partial charge in [0.2, 0.25) is 0 Å². The molecule has 0 aromatic heterocycles. The lowest BCUT2D eigenvalue weighted by molar-refractivity contribution is 0.136. The quantitative estimate of drug-likeness (QED) is 0.599. The highest BCUT2D eigenvalue weighted by Crippen LogP contribution is 2.44. The van der Waals surface area contributed by atoms with Gasteiger partial charge in [-0.15, -0.1) is 0 Å². The molecular formula is C10H16OS. The Labute approximate surface area is 76.5 Å². The minimum absolute atomic E-state index is 0.0303. The van der Waals surface area contributed by atoms with Gasteiger partial charge in [0.15, 0.2) is 0 Å². The van der Waals surface area contributed by atoms with E-state index in [2.05, 4.69) is 23.0 Å². The van der Waals surface area contributed by atoms with Crippen LogP contribution in [0.5, 0.6) is 0 Å². The van der Waals surface area contributed by atoms with Crippen LogP contribution in [0.4, 0.5) is 0 Å². The molecule has 1 fully saturated rings. The molecule has 0 spiro atoms. The lowest BCUT2D eigenvalue weighted by Crippen LogP contribution is -2.28. The van der Waals surface area contributed by atoms with Crippen molar-refractivity contribution >= 4 is 10.9 Å². The number of hydrogen-bond acceptors (Lipinski definition) is 1. The topological polar surface area (TPSA) is 20.2 Å². The minimum Gasteiger partial charge on any atom is -0.392 e. The first-order valence-corrected chi connectivity index (χ1v) is 6.23. The van der Waals surface area contributed by atoms with Gasteiger partial charge in [0.05, 0.1) is 6.10 Å². The maximum atomic E-state index is 9.78. The molecule has 0 saturated heterocycles. The summed E-state index contributed by atoms with van der Waals surface area (Å²) in [5, 5.41) is 14.9. The van der Waals surface area contributed by atoms with Crippen molar-refractivity contribution in [1.82, 2.24) is 0 Å². The van der Waals surface area contributed by atoms with Crippen molar-refractivity contribution in [1.29, 1.82) is 0 Å². The van der Waals surface area contributed by atoms with E-state index in [-0.39, 0.29) is 17.0 Å². The molecule has 1 saturated carbocycles. The minimum atomic E-state index is -0.114. The molecule has 1 aliphatic carbocycles. The Bertz CT molecular complexity index is 198. The van der Waals surface area contributed by atoms with E-state index in [0.29, 0.717) is 5.25 Å². The van der Waals surface area contributed by atoms with Crippen molar-refractivity contribution in [2.24, 2.45) is 0 Å². The molecule has 0 aromatic carbocycles. The molecule has 0 bridgehead atoms. The number of thiol groups is 1. The third-order valence-corrected chi connectivity index (χ3v) is 5.11. The lowest BCUT2D eigenvalue weighted by atomic mass is 9.97. The van der Waals surface area contributed by atoms with Crippen LogP contribution in [0.2, 0.25) is 0 Å². The van der Waals surface area contributed by atoms with Crippen LogP contribution < -0.4 is 0 Å². The standard InChI is InChI=1S/C10H16OS/c11-9-5-1-2-6-10(9)12-7-3-4-8-12/h3-4,7-12H,1-2,5-6H2. The van der Waals surface area contributed by atoms with Crippen molar-refractivity contribution in [3.63, 3.8) is 0 Å². The van der Waals surface area contributed by atoms with Gasteiger partial charge in [0, 0.05) is 5.25 Å². The molecule has 1 N–H and O–H groups in total. The van der Waals surface area contributed by atoms with Crippen LogP contribution in [0.1, 0.15) is 25.7 Å². The predicted molar refractivity (Wildman–Crippen MR) is 55.5 cm³/mol. The molecule has 1 aliphatic heterocycles. The van der Waals surface area contributed by atoms with Gasteiger partial charge < -0.3 is 5.11 Å². The van der Waals surface area contributed by atoms with E-state index in [9.17, 15) is 5.11 Å². The third kappa shape index (κ3) is 1.59. The fourth-order valence-corrected chi connectivity index (χ4v) is 4.17. The van der Waals surface area contributed by atoms with Crippen LogP contribution in [0.3, 0.4) is 0 Å². The van der Waals surface area contributed by atoms with E-state index < -0.39 is 0 Å². The zero-order chi connectivity index (χ0) is 8.39. The smallest absolute Gasteiger partial charge is 0.0647 e. The molecule has 2 heteroatoms. The van der Waals surface area contributed by atoms with Crippen molar-refractivity contribution in [3.8, 4) is 0 Å². The number of aliphatic hydroxyl groups excluding tert-OH is 1. The van der Waals surface area contributed by atoms with Gasteiger partial charge in [-0.2, -0.15) is 0 Å². The molecular weight excluding hydrogens is 168 g/mol. The Morgan fingerprint density at radius 1 is 1.08 bits per heavy atom. The van der Waals surface area contributed by atoms with Crippen LogP contribution in [-0.4, -0.2) is 16.5 Å². The Morgan fingerprint density at radius 2 is 1.75 bits per heavy atom. The van der Waals surface area contributed by atoms with E-state index in [1.54, 1.807) is 0 Å². The molecule has 2 aliphatic rings. The van der Waals surface area contributed by atoms with Gasteiger partial charge in [0.1, 0.15) is 0 Å². The largest absolute Gasteiger partial charge is 0.392 e. The van der Waals surface area contributed by atoms with E-state index in [0.717, 1.165) is 6.42 Å². The van der Waals surface area contributed by atoms with Crippen LogP contribution in [0, 0.1) is 0 Å². The molecule has 2 unspecified atom stereocenters. The number of hydrogen-bond donors (Lipinski definition) is 2. The van der Waals surface area contributed by atoms with Gasteiger partial charge in [-0.25, -0.2) is 10.9 Å². The van der Waals surface area contributed by atoms with Gasteiger partial charge in [-0.05, 0) is 23.7 Å². The Morgan fingerprint density at radius 3 is 2.42 bits per heavy atom. The summed E-state index contributed by atoms with van der Waals surface area (Å²) in [6.07, 6.45) is 8.97. The van der Waals surface area contributed by atoms with Gasteiger partial charge in [0.25, 0.3) is 0 Å². The molecule has 2 rings (SSSR count). The monoisotopic (exact) mass is 184 g/mol. The molecule has 0 radical (unpaired) electrons. The summed E-state index contributed by atoms with van der Waals surface area (Å²) < 4.78 is 0. The van der Waals surface area contributed by atoms with Gasteiger partial charge in [-0.3, -0.25) is 0 Å². The summed E-state index contributed by atoms with van der Waals surface area (Å²) in [5.41, 5.74) is 0. The predicted octanol–water partition coefficient (Wildman–Crippen LogP) is 2.33. The number of aliphatic hydroxyl groups is 1. The van der Waals surface area contributed by atoms with Gasteiger partial charge >= 0.3 is 0 Å². The van der Waals surface area contributed by atoms with E-state index in [4.69, 9.17) is 0 Å². The second-order valence-electron chi connectivity index (χ2n) is 3.55. The van der Waals surface area contributed by atoms with Gasteiger partial charge in [-0.1, -0.05) is 25.0 Å². The second kappa shape index (κ2) is 3.67. The summed E-state index contributed by atoms with van der Waals surface area (Å²) in [7, 11) is -0.114. The number of allylic oxidation sites excluding steroid dienone is 2. The summed E-state index contributed by atoms with van der Waals surface area (Å²) >= 11 is 0. The van der Waals surface area contributed by atoms with E-state index in [1.165, 1.54) is 19.3 Å². The van der Waals surface area contributed by atoms with Crippen molar-refractivity contribution in [2.75, 3.05) is 0 Å². The average molecular weight is 184 g/mol. The highest BCUT2D eigenvalue weighted by molar-refractivity contribution is 8.22. The zero-order valence-electron chi connectivity index (χ0n) is 7.19. The van der Waals surface area contributed by atoms with E-state index >= 15 is 0 Å². The maximum absolute atomic E-state index is 9.78. The zero-order valence-corrected chi connectivity index (χ0v) is 8.08. The number of rotatable bonds is 1. The molecule has 12 heavy (non-hydrogen) atoms. The molecule has 2 atom stereocenters. The normalized spacial score (nSPS) is 37.6. The summed E-state index contributed by atoms with van der Waals surface area (Å²) in [5.74, 6) is 0. The third-order valence-electron chi connectivity index (χ3n) is 2.70. The van der Waals surface area contributed by atoms with Crippen LogP contribution in [-0.2, 0) is 0 Å². The highest BCUT2D eigenvalue weighted by Gasteiger charge is 2.26. The summed E-state index contributed by atoms with van der Waals surface area (Å²) in [6, 6.07) is 0. The Hall–Kier alpha value is -0.210. The fraction of sp³-hybridized carbons (Fsp3) is 0.600. The SMILES string of the molecule is OC1CCCCC1[SH]1C=CC=C1. The molecule has 68 valence electrons. The maximum Gasteiger partial charge on any atom is 0.0647 e. The Balaban J connectivity index is 2.00. The van der Waals surface area contributed by atoms with E-state index in [1.807, 2.05) is 0 Å². The van der Waals surface area contributed by atoms with Crippen LogP contribution >= 0.6 is 10.9 Å². The first-order chi connectivity index (χ1) is 5.88. The first-order valence-electron chi connectivity index (χ1n) is 4.68. The molecule has 1 heterocycles. The lowest BCUT2D eigenvalue weighted by Gasteiger charge is -2.32. The highest BCUT2D eigenvalue weighted by atomic mass is 32.2. The van der Waals surface area contributed by atoms with Crippen LogP contribution in [0.15, 0.2) is 23.0 Å². The average Bonchev–Trinajstić information content (AvgIpc) is 2.57. The fourth-order valence-electron chi connectivity index (χ4n) is 2.01. The van der Waals surface area contributed by atoms with Crippen LogP contribution in [0.25, 0.3) is 0 Å².